The molecule has 1 saturated heterocycles. The van der Waals surface area contributed by atoms with E-state index in [1.54, 1.807) is 18.2 Å². The van der Waals surface area contributed by atoms with Crippen molar-refractivity contribution in [1.29, 1.82) is 0 Å². The summed E-state index contributed by atoms with van der Waals surface area (Å²) < 4.78 is 13.9. The first-order chi connectivity index (χ1) is 11.9. The van der Waals surface area contributed by atoms with Gasteiger partial charge in [-0.15, -0.1) is 0 Å². The van der Waals surface area contributed by atoms with Crippen LogP contribution in [-0.2, 0) is 11.3 Å². The fourth-order valence-electron chi connectivity index (χ4n) is 2.24. The van der Waals surface area contributed by atoms with Crippen LogP contribution in [0.25, 0.3) is 6.08 Å². The van der Waals surface area contributed by atoms with Crippen LogP contribution in [-0.4, -0.2) is 16.0 Å². The van der Waals surface area contributed by atoms with E-state index in [4.69, 9.17) is 34.8 Å². The van der Waals surface area contributed by atoms with Crippen LogP contribution < -0.4 is 0 Å². The van der Waals surface area contributed by atoms with Crippen LogP contribution in [0.5, 0.6) is 0 Å². The highest BCUT2D eigenvalue weighted by Gasteiger charge is 2.35. The van der Waals surface area contributed by atoms with Crippen LogP contribution in [0.2, 0.25) is 15.1 Å². The second-order valence-corrected chi connectivity index (χ2v) is 7.37. The van der Waals surface area contributed by atoms with Gasteiger partial charge in [-0.05, 0) is 47.7 Å². The summed E-state index contributed by atoms with van der Waals surface area (Å²) in [5, 5.41) is 0.430. The van der Waals surface area contributed by atoms with E-state index in [0.717, 1.165) is 16.7 Å². The maximum Gasteiger partial charge on any atom is 0.293 e. The molecule has 3 rings (SSSR count). The Hall–Kier alpha value is -1.53. The molecule has 2 aromatic rings. The summed E-state index contributed by atoms with van der Waals surface area (Å²) in [5.41, 5.74) is 0.728. The lowest BCUT2D eigenvalue weighted by Crippen LogP contribution is -2.27. The van der Waals surface area contributed by atoms with Gasteiger partial charge in [0.05, 0.1) is 26.5 Å². The van der Waals surface area contributed by atoms with Crippen molar-refractivity contribution in [1.82, 2.24) is 4.90 Å². The molecule has 0 saturated carbocycles. The number of imide groups is 1. The van der Waals surface area contributed by atoms with Crippen molar-refractivity contribution in [2.24, 2.45) is 0 Å². The Morgan fingerprint density at radius 1 is 1.04 bits per heavy atom. The lowest BCUT2D eigenvalue weighted by atomic mass is 10.2. The van der Waals surface area contributed by atoms with Crippen molar-refractivity contribution in [2.75, 3.05) is 0 Å². The summed E-state index contributed by atoms with van der Waals surface area (Å²) in [4.78, 5) is 25.8. The Bertz CT molecular complexity index is 897. The third-order valence-electron chi connectivity index (χ3n) is 3.47. The molecular weight excluding hydrogens is 408 g/mol. The van der Waals surface area contributed by atoms with Crippen molar-refractivity contribution in [3.63, 3.8) is 0 Å². The Morgan fingerprint density at radius 2 is 1.80 bits per heavy atom. The predicted molar refractivity (Wildman–Crippen MR) is 99.4 cm³/mol. The molecule has 25 heavy (non-hydrogen) atoms. The highest BCUT2D eigenvalue weighted by Crippen LogP contribution is 2.35. The quantitative estimate of drug-likeness (QED) is 0.574. The largest absolute Gasteiger partial charge is 0.293 e. The van der Waals surface area contributed by atoms with E-state index in [2.05, 4.69) is 0 Å². The smallest absolute Gasteiger partial charge is 0.268 e. The molecule has 0 bridgehead atoms. The first-order valence-corrected chi connectivity index (χ1v) is 8.95. The number of benzene rings is 2. The monoisotopic (exact) mass is 415 g/mol. The molecule has 1 heterocycles. The second-order valence-electron chi connectivity index (χ2n) is 5.15. The van der Waals surface area contributed by atoms with Gasteiger partial charge in [0.25, 0.3) is 11.1 Å². The van der Waals surface area contributed by atoms with Crippen molar-refractivity contribution in [3.8, 4) is 0 Å². The van der Waals surface area contributed by atoms with Gasteiger partial charge in [0.1, 0.15) is 5.82 Å². The molecule has 0 spiro atoms. The summed E-state index contributed by atoms with van der Waals surface area (Å²) in [6.07, 6.45) is 1.29. The van der Waals surface area contributed by atoms with Crippen molar-refractivity contribution in [2.45, 2.75) is 6.54 Å². The van der Waals surface area contributed by atoms with E-state index >= 15 is 0 Å². The molecule has 1 aliphatic rings. The highest BCUT2D eigenvalue weighted by atomic mass is 35.5. The van der Waals surface area contributed by atoms with E-state index in [0.29, 0.717) is 15.6 Å². The molecule has 1 fully saturated rings. The summed E-state index contributed by atoms with van der Waals surface area (Å²) >= 11 is 18.5. The minimum absolute atomic E-state index is 0.0455. The number of carbonyl (C=O) groups excluding carboxylic acids is 2. The molecule has 1 aliphatic heterocycles. The Labute approximate surface area is 162 Å². The number of thioether (sulfide) groups is 1. The topological polar surface area (TPSA) is 37.4 Å². The van der Waals surface area contributed by atoms with E-state index in [9.17, 15) is 14.0 Å². The number of nitrogens with zero attached hydrogens (tertiary/aromatic N) is 1. The fraction of sp³-hybridized carbons (Fsp3) is 0.0588. The molecule has 0 radical (unpaired) electrons. The van der Waals surface area contributed by atoms with Gasteiger partial charge in [0.15, 0.2) is 0 Å². The van der Waals surface area contributed by atoms with Crippen LogP contribution >= 0.6 is 46.6 Å². The molecule has 128 valence electrons. The zero-order valence-electron chi connectivity index (χ0n) is 12.4. The predicted octanol–water partition coefficient (Wildman–Crippen LogP) is 6.02. The maximum absolute atomic E-state index is 13.9. The SMILES string of the molecule is O=C1S/C(=C\c2c(F)cccc2Cl)C(=O)N1Cc1ccc(Cl)c(Cl)c1. The zero-order valence-corrected chi connectivity index (χ0v) is 15.5. The van der Waals surface area contributed by atoms with E-state index in [1.807, 2.05) is 0 Å². The maximum atomic E-state index is 13.9. The Kier molecular flexibility index (Phi) is 5.39. The molecule has 0 N–H and O–H groups in total. The van der Waals surface area contributed by atoms with Crippen LogP contribution in [0.4, 0.5) is 9.18 Å². The number of halogens is 4. The Morgan fingerprint density at radius 3 is 2.48 bits per heavy atom. The molecule has 0 aromatic heterocycles. The van der Waals surface area contributed by atoms with Gasteiger partial charge in [0, 0.05) is 5.56 Å². The number of carbonyl (C=O) groups is 2. The lowest BCUT2D eigenvalue weighted by Gasteiger charge is -2.13. The van der Waals surface area contributed by atoms with Gasteiger partial charge in [0.2, 0.25) is 0 Å². The summed E-state index contributed by atoms with van der Waals surface area (Å²) in [5.74, 6) is -1.08. The minimum Gasteiger partial charge on any atom is -0.268 e. The van der Waals surface area contributed by atoms with Crippen LogP contribution in [0.3, 0.4) is 0 Å². The number of rotatable bonds is 3. The Balaban J connectivity index is 1.87. The van der Waals surface area contributed by atoms with Gasteiger partial charge in [-0.1, -0.05) is 46.9 Å². The molecule has 2 amide bonds. The highest BCUT2D eigenvalue weighted by molar-refractivity contribution is 8.18. The average Bonchev–Trinajstić information content (AvgIpc) is 2.82. The van der Waals surface area contributed by atoms with Gasteiger partial charge >= 0.3 is 0 Å². The van der Waals surface area contributed by atoms with Gasteiger partial charge in [-0.2, -0.15) is 0 Å². The molecule has 2 aromatic carbocycles. The second kappa shape index (κ2) is 7.38. The summed E-state index contributed by atoms with van der Waals surface area (Å²) in [6, 6.07) is 9.06. The van der Waals surface area contributed by atoms with E-state index < -0.39 is 17.0 Å². The van der Waals surface area contributed by atoms with Gasteiger partial charge < -0.3 is 0 Å². The molecule has 3 nitrogen and oxygen atoms in total. The molecule has 0 unspecified atom stereocenters. The number of hydrogen-bond donors (Lipinski definition) is 0. The first kappa shape index (κ1) is 18.3. The van der Waals surface area contributed by atoms with Crippen LogP contribution in [0.15, 0.2) is 41.3 Å². The third-order valence-corrected chi connectivity index (χ3v) is 5.45. The summed E-state index contributed by atoms with van der Waals surface area (Å²) in [7, 11) is 0. The van der Waals surface area contributed by atoms with Crippen LogP contribution in [0, 0.1) is 5.82 Å². The fourth-order valence-corrected chi connectivity index (χ4v) is 3.59. The summed E-state index contributed by atoms with van der Waals surface area (Å²) in [6.45, 7) is 0.0455. The van der Waals surface area contributed by atoms with Crippen molar-refractivity contribution in [3.05, 3.63) is 73.3 Å². The standard InChI is InChI=1S/C17H9Cl3FNO2S/c18-11-2-1-3-14(21)10(11)7-15-16(23)22(17(24)25-15)8-9-4-5-12(19)13(20)6-9/h1-7H,8H2/b15-7-. The molecule has 8 heteroatoms. The number of hydrogen-bond acceptors (Lipinski definition) is 3. The molecular formula is C17H9Cl3FNO2S. The molecule has 0 atom stereocenters. The van der Waals surface area contributed by atoms with Gasteiger partial charge in [-0.25, -0.2) is 4.39 Å². The number of amides is 2. The normalized spacial score (nSPS) is 16.2. The minimum atomic E-state index is -0.566. The third kappa shape index (κ3) is 3.85. The average molecular weight is 417 g/mol. The van der Waals surface area contributed by atoms with Gasteiger partial charge in [-0.3, -0.25) is 14.5 Å². The first-order valence-electron chi connectivity index (χ1n) is 7.00. The van der Waals surface area contributed by atoms with E-state index in [-0.39, 0.29) is 22.0 Å². The van der Waals surface area contributed by atoms with E-state index in [1.165, 1.54) is 24.3 Å². The lowest BCUT2D eigenvalue weighted by molar-refractivity contribution is -0.123. The zero-order chi connectivity index (χ0) is 18.1. The van der Waals surface area contributed by atoms with Crippen LogP contribution in [0.1, 0.15) is 11.1 Å². The van der Waals surface area contributed by atoms with Crippen molar-refractivity contribution < 1.29 is 14.0 Å². The van der Waals surface area contributed by atoms with Crippen molar-refractivity contribution >= 4 is 63.8 Å². The molecule has 0 aliphatic carbocycles.